The van der Waals surface area contributed by atoms with Crippen molar-refractivity contribution >= 4 is 0 Å². The third-order valence-corrected chi connectivity index (χ3v) is 5.80. The molecular formula is C27H55O2. The van der Waals surface area contributed by atoms with E-state index in [2.05, 4.69) is 20.8 Å². The van der Waals surface area contributed by atoms with Gasteiger partial charge in [0, 0.05) is 13.2 Å². The van der Waals surface area contributed by atoms with Gasteiger partial charge in [-0.3, -0.25) is 0 Å². The third-order valence-electron chi connectivity index (χ3n) is 5.80. The molecule has 0 rings (SSSR count). The van der Waals surface area contributed by atoms with Gasteiger partial charge in [0.25, 0.3) is 0 Å². The lowest BCUT2D eigenvalue weighted by Gasteiger charge is -2.13. The highest BCUT2D eigenvalue weighted by Gasteiger charge is 2.02. The van der Waals surface area contributed by atoms with Gasteiger partial charge in [-0.1, -0.05) is 129 Å². The largest absolute Gasteiger partial charge is 0.379 e. The van der Waals surface area contributed by atoms with Crippen molar-refractivity contribution in [3.8, 4) is 0 Å². The average molecular weight is 412 g/mol. The minimum absolute atomic E-state index is 0.00307. The summed E-state index contributed by atoms with van der Waals surface area (Å²) < 4.78 is 11.5. The Morgan fingerprint density at radius 3 is 1.24 bits per heavy atom. The maximum absolute atomic E-state index is 5.78. The van der Waals surface area contributed by atoms with Crippen LogP contribution in [0.15, 0.2) is 0 Å². The molecule has 1 radical (unpaired) electrons. The Morgan fingerprint density at radius 2 is 0.828 bits per heavy atom. The highest BCUT2D eigenvalue weighted by atomic mass is 16.5. The van der Waals surface area contributed by atoms with E-state index in [4.69, 9.17) is 9.47 Å². The van der Waals surface area contributed by atoms with Gasteiger partial charge in [0.2, 0.25) is 0 Å². The summed E-state index contributed by atoms with van der Waals surface area (Å²) in [6.07, 6.45) is 27.3. The fourth-order valence-electron chi connectivity index (χ4n) is 3.79. The summed E-state index contributed by atoms with van der Waals surface area (Å²) in [6, 6.07) is 0. The average Bonchev–Trinajstić information content (AvgIpc) is 2.72. The fourth-order valence-corrected chi connectivity index (χ4v) is 3.79. The second-order valence-electron chi connectivity index (χ2n) is 8.93. The van der Waals surface area contributed by atoms with Gasteiger partial charge in [-0.05, 0) is 19.8 Å². The Morgan fingerprint density at radius 1 is 0.483 bits per heavy atom. The minimum atomic E-state index is -0.00307. The van der Waals surface area contributed by atoms with E-state index in [0.29, 0.717) is 6.61 Å². The van der Waals surface area contributed by atoms with Crippen molar-refractivity contribution in [1.29, 1.82) is 0 Å². The molecule has 0 aromatic rings. The Labute approximate surface area is 184 Å². The molecule has 29 heavy (non-hydrogen) atoms. The van der Waals surface area contributed by atoms with Crippen LogP contribution >= 0.6 is 0 Å². The van der Waals surface area contributed by atoms with Crippen molar-refractivity contribution in [3.63, 3.8) is 0 Å². The molecule has 0 amide bonds. The minimum Gasteiger partial charge on any atom is -0.379 e. The molecule has 0 aromatic carbocycles. The van der Waals surface area contributed by atoms with Crippen LogP contribution in [0.3, 0.4) is 0 Å². The first-order valence-electron chi connectivity index (χ1n) is 13.3. The first-order chi connectivity index (χ1) is 14.3. The quantitative estimate of drug-likeness (QED) is 0.139. The van der Waals surface area contributed by atoms with Crippen LogP contribution in [-0.4, -0.2) is 25.9 Å². The molecule has 0 aromatic heterocycles. The maximum Gasteiger partial charge on any atom is 0.0809 e. The zero-order chi connectivity index (χ0) is 21.3. The Kier molecular flexibility index (Phi) is 25.9. The number of unbranched alkanes of at least 4 members (excludes halogenated alkanes) is 18. The SMILES string of the molecule is [CH2]C(COCCCCCCCCCCCC)OCCCCCCCCCCCC. The molecule has 2 nitrogen and oxygen atoms in total. The summed E-state index contributed by atoms with van der Waals surface area (Å²) >= 11 is 0. The van der Waals surface area contributed by atoms with Crippen LogP contribution in [0, 0.1) is 6.92 Å². The van der Waals surface area contributed by atoms with E-state index >= 15 is 0 Å². The van der Waals surface area contributed by atoms with Gasteiger partial charge < -0.3 is 9.47 Å². The Balaban J connectivity index is 3.12. The zero-order valence-electron chi connectivity index (χ0n) is 20.4. The van der Waals surface area contributed by atoms with E-state index in [1.165, 1.54) is 128 Å². The molecule has 0 fully saturated rings. The first kappa shape index (κ1) is 28.9. The van der Waals surface area contributed by atoms with E-state index in [9.17, 15) is 0 Å². The van der Waals surface area contributed by atoms with E-state index in [1.807, 2.05) is 0 Å². The summed E-state index contributed by atoms with van der Waals surface area (Å²) in [5.74, 6) is 0. The van der Waals surface area contributed by atoms with Gasteiger partial charge in [0.1, 0.15) is 0 Å². The third kappa shape index (κ3) is 25.9. The summed E-state index contributed by atoms with van der Waals surface area (Å²) in [6.45, 7) is 11.0. The monoisotopic (exact) mass is 411 g/mol. The molecule has 0 aliphatic rings. The second-order valence-corrected chi connectivity index (χ2v) is 8.93. The Bertz CT molecular complexity index is 280. The second kappa shape index (κ2) is 26.0. The standard InChI is InChI=1S/C27H55O2/c1-4-6-8-10-12-14-16-18-20-22-24-28-26-27(3)29-25-23-21-19-17-15-13-11-9-7-5-2/h27H,3-26H2,1-2H3. The normalized spacial score (nSPS) is 12.5. The van der Waals surface area contributed by atoms with Crippen molar-refractivity contribution in [2.24, 2.45) is 0 Å². The number of ether oxygens (including phenoxy) is 2. The molecule has 0 heterocycles. The topological polar surface area (TPSA) is 18.5 Å². The molecule has 1 unspecified atom stereocenters. The van der Waals surface area contributed by atoms with E-state index in [-0.39, 0.29) is 6.10 Å². The number of hydrogen-bond donors (Lipinski definition) is 0. The molecule has 175 valence electrons. The van der Waals surface area contributed by atoms with E-state index in [0.717, 1.165) is 13.2 Å². The first-order valence-corrected chi connectivity index (χ1v) is 13.3. The summed E-state index contributed by atoms with van der Waals surface area (Å²) in [5, 5.41) is 0. The van der Waals surface area contributed by atoms with Crippen LogP contribution in [0.2, 0.25) is 0 Å². The molecule has 0 spiro atoms. The van der Waals surface area contributed by atoms with E-state index < -0.39 is 0 Å². The fraction of sp³-hybridized carbons (Fsp3) is 0.963. The molecule has 0 aliphatic heterocycles. The zero-order valence-corrected chi connectivity index (χ0v) is 20.4. The summed E-state index contributed by atoms with van der Waals surface area (Å²) in [5.41, 5.74) is 0. The lowest BCUT2D eigenvalue weighted by Crippen LogP contribution is -2.17. The molecule has 2 heteroatoms. The van der Waals surface area contributed by atoms with Crippen molar-refractivity contribution in [2.45, 2.75) is 148 Å². The van der Waals surface area contributed by atoms with Gasteiger partial charge in [-0.25, -0.2) is 0 Å². The predicted octanol–water partition coefficient (Wildman–Crippen LogP) is 9.06. The maximum atomic E-state index is 5.78. The predicted molar refractivity (Wildman–Crippen MR) is 130 cm³/mol. The smallest absolute Gasteiger partial charge is 0.0809 e. The van der Waals surface area contributed by atoms with Crippen molar-refractivity contribution < 1.29 is 9.47 Å². The molecule has 0 aliphatic carbocycles. The molecule has 0 saturated heterocycles. The molecule has 1 atom stereocenters. The highest BCUT2D eigenvalue weighted by Crippen LogP contribution is 2.12. The Hall–Kier alpha value is -0.0800. The lowest BCUT2D eigenvalue weighted by molar-refractivity contribution is 0.00440. The molecule has 0 bridgehead atoms. The highest BCUT2D eigenvalue weighted by molar-refractivity contribution is 4.58. The van der Waals surface area contributed by atoms with Crippen molar-refractivity contribution in [1.82, 2.24) is 0 Å². The van der Waals surface area contributed by atoms with Gasteiger partial charge in [0.05, 0.1) is 12.7 Å². The van der Waals surface area contributed by atoms with Crippen LogP contribution in [0.4, 0.5) is 0 Å². The van der Waals surface area contributed by atoms with Gasteiger partial charge >= 0.3 is 0 Å². The lowest BCUT2D eigenvalue weighted by atomic mass is 10.1. The molecule has 0 N–H and O–H groups in total. The van der Waals surface area contributed by atoms with Crippen LogP contribution in [0.1, 0.15) is 142 Å². The van der Waals surface area contributed by atoms with Crippen LogP contribution in [0.5, 0.6) is 0 Å². The number of hydrogen-bond acceptors (Lipinski definition) is 2. The van der Waals surface area contributed by atoms with Crippen LogP contribution in [-0.2, 0) is 9.47 Å². The van der Waals surface area contributed by atoms with Gasteiger partial charge in [0.15, 0.2) is 0 Å². The van der Waals surface area contributed by atoms with E-state index in [1.54, 1.807) is 0 Å². The molecule has 0 saturated carbocycles. The van der Waals surface area contributed by atoms with Crippen molar-refractivity contribution in [2.75, 3.05) is 19.8 Å². The molecular weight excluding hydrogens is 356 g/mol. The summed E-state index contributed by atoms with van der Waals surface area (Å²) in [4.78, 5) is 0. The van der Waals surface area contributed by atoms with Crippen LogP contribution in [0.25, 0.3) is 0 Å². The van der Waals surface area contributed by atoms with Crippen LogP contribution < -0.4 is 0 Å². The number of rotatable bonds is 25. The van der Waals surface area contributed by atoms with Gasteiger partial charge in [-0.2, -0.15) is 0 Å². The van der Waals surface area contributed by atoms with Gasteiger partial charge in [-0.15, -0.1) is 0 Å². The summed E-state index contributed by atoms with van der Waals surface area (Å²) in [7, 11) is 0. The van der Waals surface area contributed by atoms with Crippen molar-refractivity contribution in [3.05, 3.63) is 6.92 Å².